The Labute approximate surface area is 179 Å². The molecule has 2 aromatic rings. The van der Waals surface area contributed by atoms with Crippen molar-refractivity contribution in [2.24, 2.45) is 0 Å². The molecule has 0 heterocycles. The third-order valence-electron chi connectivity index (χ3n) is 4.19. The Morgan fingerprint density at radius 3 is 2.57 bits per heavy atom. The topological polar surface area (TPSA) is 65.1 Å². The van der Waals surface area contributed by atoms with Gasteiger partial charge in [0.25, 0.3) is 5.91 Å². The van der Waals surface area contributed by atoms with Gasteiger partial charge in [0.1, 0.15) is 5.82 Å². The van der Waals surface area contributed by atoms with E-state index < -0.39 is 18.0 Å². The van der Waals surface area contributed by atoms with E-state index in [9.17, 15) is 14.0 Å². The molecule has 0 spiro atoms. The van der Waals surface area contributed by atoms with Crippen molar-refractivity contribution in [1.29, 1.82) is 0 Å². The molecule has 2 aromatic carbocycles. The first kappa shape index (κ1) is 23.2. The van der Waals surface area contributed by atoms with Crippen LogP contribution in [0.2, 0.25) is 5.02 Å². The number of hydrogen-bond donors (Lipinski definition) is 0. The van der Waals surface area contributed by atoms with E-state index in [4.69, 9.17) is 25.8 Å². The summed E-state index contributed by atoms with van der Waals surface area (Å²) in [5.41, 5.74) is 1.23. The molecule has 0 aliphatic rings. The van der Waals surface area contributed by atoms with Gasteiger partial charge >= 0.3 is 5.97 Å². The SMILES string of the molecule is COc1cc(/C=C/C(=O)OC(C)C(=O)N(C)Cc2cccc(F)c2)cc(Cl)c1OC. The molecule has 0 fully saturated rings. The van der Waals surface area contributed by atoms with Crippen molar-refractivity contribution in [2.45, 2.75) is 19.6 Å². The Hall–Kier alpha value is -3.06. The molecule has 0 aliphatic carbocycles. The van der Waals surface area contributed by atoms with Crippen LogP contribution in [0.3, 0.4) is 0 Å². The van der Waals surface area contributed by atoms with Crippen LogP contribution < -0.4 is 9.47 Å². The number of methoxy groups -OCH3 is 2. The molecule has 0 aromatic heterocycles. The van der Waals surface area contributed by atoms with Crippen molar-refractivity contribution in [3.8, 4) is 11.5 Å². The molecule has 0 saturated carbocycles. The van der Waals surface area contributed by atoms with Crippen LogP contribution in [0.25, 0.3) is 6.08 Å². The third kappa shape index (κ3) is 6.22. The van der Waals surface area contributed by atoms with Gasteiger partial charge in [-0.25, -0.2) is 9.18 Å². The molecule has 2 rings (SSSR count). The lowest BCUT2D eigenvalue weighted by molar-refractivity contribution is -0.154. The summed E-state index contributed by atoms with van der Waals surface area (Å²) in [6.07, 6.45) is 1.67. The second kappa shape index (κ2) is 10.6. The van der Waals surface area contributed by atoms with Crippen LogP contribution in [-0.4, -0.2) is 44.1 Å². The number of halogens is 2. The second-order valence-electron chi connectivity index (χ2n) is 6.47. The van der Waals surface area contributed by atoms with E-state index in [1.807, 2.05) is 0 Å². The highest BCUT2D eigenvalue weighted by Crippen LogP contribution is 2.36. The van der Waals surface area contributed by atoms with Gasteiger partial charge in [-0.3, -0.25) is 4.79 Å². The van der Waals surface area contributed by atoms with Gasteiger partial charge in [0.2, 0.25) is 0 Å². The molecule has 0 aliphatic heterocycles. The number of likely N-dealkylation sites (N-methyl/N-ethyl adjacent to an activating group) is 1. The number of carbonyl (C=O) groups excluding carboxylic acids is 2. The monoisotopic (exact) mass is 435 g/mol. The fraction of sp³-hybridized carbons (Fsp3) is 0.273. The maximum atomic E-state index is 13.3. The number of amides is 1. The van der Waals surface area contributed by atoms with E-state index in [0.29, 0.717) is 27.6 Å². The molecule has 1 atom stereocenters. The van der Waals surface area contributed by atoms with Crippen molar-refractivity contribution < 1.29 is 28.2 Å². The Kier molecular flexibility index (Phi) is 8.24. The summed E-state index contributed by atoms with van der Waals surface area (Å²) in [6.45, 7) is 1.67. The molecule has 8 heteroatoms. The summed E-state index contributed by atoms with van der Waals surface area (Å²) < 4.78 is 28.8. The molecular formula is C22H23ClFNO5. The van der Waals surface area contributed by atoms with Crippen molar-refractivity contribution in [1.82, 2.24) is 4.90 Å². The van der Waals surface area contributed by atoms with E-state index in [0.717, 1.165) is 0 Å². The number of ether oxygens (including phenoxy) is 3. The zero-order chi connectivity index (χ0) is 22.3. The quantitative estimate of drug-likeness (QED) is 0.461. The molecule has 1 amide bonds. The van der Waals surface area contributed by atoms with Gasteiger partial charge in [0.05, 0.1) is 19.2 Å². The molecular weight excluding hydrogens is 413 g/mol. The van der Waals surface area contributed by atoms with E-state index in [-0.39, 0.29) is 12.4 Å². The van der Waals surface area contributed by atoms with Gasteiger partial charge in [0, 0.05) is 19.7 Å². The average molecular weight is 436 g/mol. The molecule has 0 radical (unpaired) electrons. The standard InChI is InChI=1S/C22H23ClFNO5/c1-14(22(27)25(2)13-16-6-5-7-17(24)10-16)30-20(26)9-8-15-11-18(23)21(29-4)19(12-15)28-3/h5-12,14H,13H2,1-4H3/b9-8+. The Balaban J connectivity index is 1.98. The van der Waals surface area contributed by atoms with Crippen LogP contribution in [0, 0.1) is 5.82 Å². The normalized spacial score (nSPS) is 11.8. The minimum atomic E-state index is -1.00. The molecule has 0 N–H and O–H groups in total. The fourth-order valence-corrected chi connectivity index (χ4v) is 3.06. The van der Waals surface area contributed by atoms with Crippen LogP contribution in [0.4, 0.5) is 4.39 Å². The Bertz CT molecular complexity index is 947. The maximum Gasteiger partial charge on any atom is 0.331 e. The van der Waals surface area contributed by atoms with Crippen molar-refractivity contribution in [3.05, 3.63) is 64.4 Å². The largest absolute Gasteiger partial charge is 0.493 e. The molecule has 1 unspecified atom stereocenters. The van der Waals surface area contributed by atoms with E-state index >= 15 is 0 Å². The number of esters is 1. The van der Waals surface area contributed by atoms with E-state index in [1.54, 1.807) is 31.3 Å². The predicted molar refractivity (Wildman–Crippen MR) is 112 cm³/mol. The van der Waals surface area contributed by atoms with Crippen LogP contribution in [-0.2, 0) is 20.9 Å². The number of nitrogens with zero attached hydrogens (tertiary/aromatic N) is 1. The fourth-order valence-electron chi connectivity index (χ4n) is 2.76. The summed E-state index contributed by atoms with van der Waals surface area (Å²) >= 11 is 6.14. The zero-order valence-electron chi connectivity index (χ0n) is 17.1. The molecule has 0 bridgehead atoms. The van der Waals surface area contributed by atoms with Crippen molar-refractivity contribution in [3.63, 3.8) is 0 Å². The second-order valence-corrected chi connectivity index (χ2v) is 6.88. The lowest BCUT2D eigenvalue weighted by Gasteiger charge is -2.21. The number of rotatable bonds is 8. The first-order valence-corrected chi connectivity index (χ1v) is 9.42. The smallest absolute Gasteiger partial charge is 0.331 e. The Morgan fingerprint density at radius 1 is 1.20 bits per heavy atom. The van der Waals surface area contributed by atoms with Gasteiger partial charge in [-0.15, -0.1) is 0 Å². The van der Waals surface area contributed by atoms with Crippen LogP contribution >= 0.6 is 11.6 Å². The summed E-state index contributed by atoms with van der Waals surface area (Å²) in [5.74, 6) is -0.677. The molecule has 160 valence electrons. The summed E-state index contributed by atoms with van der Waals surface area (Å²) in [6, 6.07) is 9.20. The highest BCUT2D eigenvalue weighted by molar-refractivity contribution is 6.32. The van der Waals surface area contributed by atoms with Gasteiger partial charge in [-0.05, 0) is 48.4 Å². The van der Waals surface area contributed by atoms with Crippen LogP contribution in [0.15, 0.2) is 42.5 Å². The maximum absolute atomic E-state index is 13.3. The first-order valence-electron chi connectivity index (χ1n) is 9.04. The van der Waals surface area contributed by atoms with Crippen molar-refractivity contribution in [2.75, 3.05) is 21.3 Å². The van der Waals surface area contributed by atoms with Crippen LogP contribution in [0.5, 0.6) is 11.5 Å². The van der Waals surface area contributed by atoms with Gasteiger partial charge < -0.3 is 19.1 Å². The lowest BCUT2D eigenvalue weighted by Crippen LogP contribution is -2.36. The zero-order valence-corrected chi connectivity index (χ0v) is 17.9. The summed E-state index contributed by atoms with van der Waals surface area (Å²) in [4.78, 5) is 25.9. The average Bonchev–Trinajstić information content (AvgIpc) is 2.71. The molecule has 6 nitrogen and oxygen atoms in total. The first-order chi connectivity index (χ1) is 14.2. The number of carbonyl (C=O) groups is 2. The predicted octanol–water partition coefficient (Wildman–Crippen LogP) is 4.10. The van der Waals surface area contributed by atoms with E-state index in [2.05, 4.69) is 0 Å². The number of benzene rings is 2. The highest BCUT2D eigenvalue weighted by Gasteiger charge is 2.21. The van der Waals surface area contributed by atoms with Gasteiger partial charge in [-0.1, -0.05) is 23.7 Å². The van der Waals surface area contributed by atoms with E-state index in [1.165, 1.54) is 50.3 Å². The van der Waals surface area contributed by atoms with Crippen molar-refractivity contribution >= 4 is 29.6 Å². The highest BCUT2D eigenvalue weighted by atomic mass is 35.5. The Morgan fingerprint density at radius 2 is 1.93 bits per heavy atom. The minimum absolute atomic E-state index is 0.193. The lowest BCUT2D eigenvalue weighted by atomic mass is 10.2. The molecule has 0 saturated heterocycles. The number of hydrogen-bond acceptors (Lipinski definition) is 5. The minimum Gasteiger partial charge on any atom is -0.493 e. The molecule has 30 heavy (non-hydrogen) atoms. The summed E-state index contributed by atoms with van der Waals surface area (Å²) in [7, 11) is 4.50. The van der Waals surface area contributed by atoms with Crippen LogP contribution in [0.1, 0.15) is 18.1 Å². The van der Waals surface area contributed by atoms with Gasteiger partial charge in [-0.2, -0.15) is 0 Å². The third-order valence-corrected chi connectivity index (χ3v) is 4.47. The van der Waals surface area contributed by atoms with Gasteiger partial charge in [0.15, 0.2) is 17.6 Å². The summed E-state index contributed by atoms with van der Waals surface area (Å²) in [5, 5.41) is 0.326.